The summed E-state index contributed by atoms with van der Waals surface area (Å²) in [6, 6.07) is 8.00. The molecule has 1 aromatic rings. The second-order valence-corrected chi connectivity index (χ2v) is 3.56. The van der Waals surface area contributed by atoms with Crippen molar-refractivity contribution in [2.75, 3.05) is 26.2 Å². The van der Waals surface area contributed by atoms with Crippen LogP contribution in [0.15, 0.2) is 24.3 Å². The summed E-state index contributed by atoms with van der Waals surface area (Å²) in [5.74, 6) is 0. The van der Waals surface area contributed by atoms with Crippen molar-refractivity contribution in [1.82, 2.24) is 5.32 Å². The third-order valence-electron chi connectivity index (χ3n) is 2.11. The molecule has 1 rings (SSSR count). The molecule has 0 aromatic heterocycles. The van der Waals surface area contributed by atoms with E-state index in [-0.39, 0.29) is 0 Å². The van der Waals surface area contributed by atoms with Gasteiger partial charge in [-0.2, -0.15) is 0 Å². The Morgan fingerprint density at radius 1 is 0.824 bits per heavy atom. The molecule has 5 nitrogen and oxygen atoms in total. The fourth-order valence-corrected chi connectivity index (χ4v) is 1.21. The number of hydrogen-bond acceptors (Lipinski definition) is 5. The van der Waals surface area contributed by atoms with E-state index < -0.39 is 0 Å². The van der Waals surface area contributed by atoms with Gasteiger partial charge in [-0.05, 0) is 11.1 Å². The van der Waals surface area contributed by atoms with Gasteiger partial charge in [-0.3, -0.25) is 0 Å². The molecule has 0 aliphatic rings. The normalized spacial score (nSPS) is 9.65. The van der Waals surface area contributed by atoms with Gasteiger partial charge in [0.05, 0.1) is 0 Å². The molecule has 9 N–H and O–H groups in total. The largest absolute Gasteiger partial charge is 0.329 e. The Hall–Kier alpha value is -0.980. The molecule has 17 heavy (non-hydrogen) atoms. The highest BCUT2D eigenvalue weighted by Crippen LogP contribution is 2.02. The molecule has 0 atom stereocenters. The molecule has 0 bridgehead atoms. The van der Waals surface area contributed by atoms with E-state index in [1.165, 1.54) is 0 Å². The summed E-state index contributed by atoms with van der Waals surface area (Å²) >= 11 is 0. The van der Waals surface area contributed by atoms with Crippen molar-refractivity contribution in [3.8, 4) is 0 Å². The molecule has 0 unspecified atom stereocenters. The lowest BCUT2D eigenvalue weighted by atomic mass is 10.1. The summed E-state index contributed by atoms with van der Waals surface area (Å²) in [5, 5.41) is 3.03. The molecule has 0 heterocycles. The van der Waals surface area contributed by atoms with E-state index in [0.29, 0.717) is 26.2 Å². The van der Waals surface area contributed by atoms with Crippen molar-refractivity contribution in [3.05, 3.63) is 35.4 Å². The van der Waals surface area contributed by atoms with E-state index in [2.05, 4.69) is 5.32 Å². The van der Waals surface area contributed by atoms with Crippen LogP contribution in [-0.2, 0) is 13.1 Å². The van der Waals surface area contributed by atoms with Crippen LogP contribution in [0.2, 0.25) is 0 Å². The molecule has 0 amide bonds. The number of nitrogens with one attached hydrogen (secondary N) is 1. The Balaban J connectivity index is 0.000000325. The lowest BCUT2D eigenvalue weighted by Gasteiger charge is -1.98. The average Bonchev–Trinajstić information content (AvgIpc) is 2.40. The van der Waals surface area contributed by atoms with Gasteiger partial charge in [0.25, 0.3) is 0 Å². The number of benzene rings is 1. The molecule has 0 saturated heterocycles. The van der Waals surface area contributed by atoms with E-state index in [0.717, 1.165) is 24.2 Å². The SMILES string of the molecule is NCCNCCN.NCc1cccc(CN)c1. The van der Waals surface area contributed by atoms with Gasteiger partial charge in [0.2, 0.25) is 0 Å². The smallest absolute Gasteiger partial charge is 0.0178 e. The summed E-state index contributed by atoms with van der Waals surface area (Å²) in [4.78, 5) is 0. The maximum atomic E-state index is 5.43. The van der Waals surface area contributed by atoms with Gasteiger partial charge in [-0.15, -0.1) is 0 Å². The first kappa shape index (κ1) is 16.0. The van der Waals surface area contributed by atoms with Gasteiger partial charge >= 0.3 is 0 Å². The third-order valence-corrected chi connectivity index (χ3v) is 2.11. The van der Waals surface area contributed by atoms with Crippen LogP contribution < -0.4 is 28.3 Å². The summed E-state index contributed by atoms with van der Waals surface area (Å²) < 4.78 is 0. The monoisotopic (exact) mass is 239 g/mol. The number of rotatable bonds is 6. The first-order valence-corrected chi connectivity index (χ1v) is 5.87. The molecular formula is C12H25N5. The van der Waals surface area contributed by atoms with Crippen molar-refractivity contribution in [2.24, 2.45) is 22.9 Å². The van der Waals surface area contributed by atoms with E-state index in [1.807, 2.05) is 24.3 Å². The highest BCUT2D eigenvalue weighted by molar-refractivity contribution is 5.22. The quantitative estimate of drug-likeness (QED) is 0.412. The second kappa shape index (κ2) is 11.5. The zero-order valence-electron chi connectivity index (χ0n) is 10.4. The summed E-state index contributed by atoms with van der Waals surface area (Å²) in [7, 11) is 0. The van der Waals surface area contributed by atoms with E-state index >= 15 is 0 Å². The molecule has 0 spiro atoms. The first-order valence-electron chi connectivity index (χ1n) is 5.87. The molecule has 0 radical (unpaired) electrons. The molecule has 0 fully saturated rings. The van der Waals surface area contributed by atoms with Crippen LogP contribution in [0, 0.1) is 0 Å². The van der Waals surface area contributed by atoms with Gasteiger partial charge < -0.3 is 28.3 Å². The lowest BCUT2D eigenvalue weighted by molar-refractivity contribution is 0.696. The maximum absolute atomic E-state index is 5.43. The summed E-state index contributed by atoms with van der Waals surface area (Å²) in [6.45, 7) is 4.32. The molecule has 0 aliphatic carbocycles. The molecule has 5 heteroatoms. The van der Waals surface area contributed by atoms with E-state index in [1.54, 1.807) is 0 Å². The fraction of sp³-hybridized carbons (Fsp3) is 0.500. The Morgan fingerprint density at radius 2 is 1.29 bits per heavy atom. The van der Waals surface area contributed by atoms with Crippen molar-refractivity contribution < 1.29 is 0 Å². The van der Waals surface area contributed by atoms with E-state index in [9.17, 15) is 0 Å². The van der Waals surface area contributed by atoms with Crippen LogP contribution in [0.3, 0.4) is 0 Å². The lowest BCUT2D eigenvalue weighted by Crippen LogP contribution is -2.27. The summed E-state index contributed by atoms with van der Waals surface area (Å²) in [6.07, 6.45) is 0. The number of hydrogen-bond donors (Lipinski definition) is 5. The molecule has 0 aliphatic heterocycles. The topological polar surface area (TPSA) is 116 Å². The third kappa shape index (κ3) is 8.79. The minimum absolute atomic E-state index is 0.591. The van der Waals surface area contributed by atoms with Gasteiger partial charge in [-0.1, -0.05) is 24.3 Å². The average molecular weight is 239 g/mol. The molecular weight excluding hydrogens is 214 g/mol. The van der Waals surface area contributed by atoms with Crippen LogP contribution in [0.4, 0.5) is 0 Å². The predicted molar refractivity (Wildman–Crippen MR) is 73.2 cm³/mol. The Morgan fingerprint density at radius 3 is 1.65 bits per heavy atom. The standard InChI is InChI=1S/C8H12N2.C4H13N3/c9-5-7-2-1-3-8(4-7)6-10;5-1-3-7-4-2-6/h1-4H,5-6,9-10H2;7H,1-6H2. The van der Waals surface area contributed by atoms with Crippen LogP contribution in [-0.4, -0.2) is 26.2 Å². The van der Waals surface area contributed by atoms with Gasteiger partial charge in [0.15, 0.2) is 0 Å². The highest BCUT2D eigenvalue weighted by atomic mass is 14.9. The Kier molecular flexibility index (Phi) is 10.8. The maximum Gasteiger partial charge on any atom is 0.0178 e. The fourth-order valence-electron chi connectivity index (χ4n) is 1.21. The minimum atomic E-state index is 0.591. The van der Waals surface area contributed by atoms with Crippen LogP contribution in [0.1, 0.15) is 11.1 Å². The zero-order valence-corrected chi connectivity index (χ0v) is 10.4. The van der Waals surface area contributed by atoms with Crippen molar-refractivity contribution in [2.45, 2.75) is 13.1 Å². The minimum Gasteiger partial charge on any atom is -0.329 e. The van der Waals surface area contributed by atoms with Crippen LogP contribution >= 0.6 is 0 Å². The Labute approximate surface area is 104 Å². The predicted octanol–water partition coefficient (Wildman–Crippen LogP) is -0.903. The van der Waals surface area contributed by atoms with Crippen LogP contribution in [0.25, 0.3) is 0 Å². The van der Waals surface area contributed by atoms with Gasteiger partial charge in [0, 0.05) is 39.3 Å². The van der Waals surface area contributed by atoms with Gasteiger partial charge in [-0.25, -0.2) is 0 Å². The first-order chi connectivity index (χ1) is 8.28. The van der Waals surface area contributed by atoms with Crippen molar-refractivity contribution >= 4 is 0 Å². The zero-order chi connectivity index (χ0) is 12.9. The molecule has 1 aromatic carbocycles. The van der Waals surface area contributed by atoms with Gasteiger partial charge in [0.1, 0.15) is 0 Å². The Bertz CT molecular complexity index is 254. The molecule has 0 saturated carbocycles. The van der Waals surface area contributed by atoms with E-state index in [4.69, 9.17) is 22.9 Å². The van der Waals surface area contributed by atoms with Crippen molar-refractivity contribution in [3.63, 3.8) is 0 Å². The molecule has 98 valence electrons. The van der Waals surface area contributed by atoms with Crippen molar-refractivity contribution in [1.29, 1.82) is 0 Å². The van der Waals surface area contributed by atoms with Crippen LogP contribution in [0.5, 0.6) is 0 Å². The highest BCUT2D eigenvalue weighted by Gasteiger charge is 1.89. The number of nitrogens with two attached hydrogens (primary N) is 4. The second-order valence-electron chi connectivity index (χ2n) is 3.56. The summed E-state index contributed by atoms with van der Waals surface area (Å²) in [5.41, 5.74) is 23.5.